The summed E-state index contributed by atoms with van der Waals surface area (Å²) in [7, 11) is 1.73. The van der Waals surface area contributed by atoms with Gasteiger partial charge in [0.05, 0.1) is 6.04 Å². The minimum absolute atomic E-state index is 0.00833. The molecule has 1 fully saturated rings. The van der Waals surface area contributed by atoms with E-state index in [2.05, 4.69) is 0 Å². The van der Waals surface area contributed by atoms with Crippen molar-refractivity contribution in [2.75, 3.05) is 19.4 Å². The number of amides is 1. The first-order valence-corrected chi connectivity index (χ1v) is 4.43. The predicted octanol–water partition coefficient (Wildman–Crippen LogP) is 1.39. The number of likely N-dealkylation sites (N-methyl/N-ethyl adjacent to an activating group) is 1. The largest absolute Gasteiger partial charge is 0.447 e. The van der Waals surface area contributed by atoms with Gasteiger partial charge >= 0.3 is 6.09 Å². The van der Waals surface area contributed by atoms with Gasteiger partial charge in [-0.2, -0.15) is 0 Å². The Labute approximate surface area is 82.3 Å². The summed E-state index contributed by atoms with van der Waals surface area (Å²) in [5.41, 5.74) is 7.38. The van der Waals surface area contributed by atoms with Crippen LogP contribution in [0.15, 0.2) is 24.3 Å². The molecule has 1 saturated heterocycles. The van der Waals surface area contributed by atoms with E-state index in [-0.39, 0.29) is 12.1 Å². The molecule has 0 saturated carbocycles. The Hall–Kier alpha value is -1.71. The minimum atomic E-state index is -0.280. The Morgan fingerprint density at radius 3 is 2.93 bits per heavy atom. The molecular weight excluding hydrogens is 180 g/mol. The fraction of sp³-hybridized carbons (Fsp3) is 0.300. The van der Waals surface area contributed by atoms with Gasteiger partial charge in [0.25, 0.3) is 0 Å². The molecular formula is C10H12N2O2. The quantitative estimate of drug-likeness (QED) is 0.684. The molecule has 0 unspecified atom stereocenters. The van der Waals surface area contributed by atoms with E-state index in [0.29, 0.717) is 12.3 Å². The van der Waals surface area contributed by atoms with Gasteiger partial charge in [-0.1, -0.05) is 12.1 Å². The number of anilines is 1. The molecule has 74 valence electrons. The third kappa shape index (κ3) is 1.39. The van der Waals surface area contributed by atoms with E-state index in [1.54, 1.807) is 11.9 Å². The lowest BCUT2D eigenvalue weighted by Gasteiger charge is -2.16. The lowest BCUT2D eigenvalue weighted by molar-refractivity contribution is 0.163. The average molecular weight is 192 g/mol. The average Bonchev–Trinajstić information content (AvgIpc) is 2.48. The Bertz CT molecular complexity index is 365. The molecule has 14 heavy (non-hydrogen) atoms. The first-order chi connectivity index (χ1) is 6.68. The number of carbonyl (C=O) groups is 1. The first kappa shape index (κ1) is 8.87. The minimum Gasteiger partial charge on any atom is -0.447 e. The number of nitrogens with two attached hydrogens (primary N) is 1. The topological polar surface area (TPSA) is 55.6 Å². The molecule has 1 amide bonds. The van der Waals surface area contributed by atoms with E-state index < -0.39 is 0 Å². The summed E-state index contributed by atoms with van der Waals surface area (Å²) < 4.78 is 4.92. The number of hydrogen-bond acceptors (Lipinski definition) is 3. The molecule has 1 aromatic carbocycles. The van der Waals surface area contributed by atoms with E-state index in [9.17, 15) is 4.79 Å². The standard InChI is InChI=1S/C10H12N2O2/c1-12-9(6-14-10(12)13)7-3-2-4-8(11)5-7/h2-5,9H,6,11H2,1H3/t9-/m0/s1. The second-order valence-electron chi connectivity index (χ2n) is 3.37. The van der Waals surface area contributed by atoms with Crippen LogP contribution in [0.4, 0.5) is 10.5 Å². The van der Waals surface area contributed by atoms with Crippen LogP contribution in [0.25, 0.3) is 0 Å². The maximum atomic E-state index is 11.1. The van der Waals surface area contributed by atoms with Crippen molar-refractivity contribution in [2.45, 2.75) is 6.04 Å². The van der Waals surface area contributed by atoms with E-state index in [0.717, 1.165) is 5.56 Å². The highest BCUT2D eigenvalue weighted by Crippen LogP contribution is 2.26. The van der Waals surface area contributed by atoms with Crippen molar-refractivity contribution in [1.29, 1.82) is 0 Å². The van der Waals surface area contributed by atoms with Crippen LogP contribution >= 0.6 is 0 Å². The second kappa shape index (κ2) is 3.21. The highest BCUT2D eigenvalue weighted by Gasteiger charge is 2.30. The number of carbonyl (C=O) groups excluding carboxylic acids is 1. The van der Waals surface area contributed by atoms with Gasteiger partial charge in [-0.15, -0.1) is 0 Å². The number of ether oxygens (including phenoxy) is 1. The van der Waals surface area contributed by atoms with E-state index in [4.69, 9.17) is 10.5 Å². The molecule has 1 heterocycles. The highest BCUT2D eigenvalue weighted by molar-refractivity contribution is 5.70. The summed E-state index contributed by atoms with van der Waals surface area (Å²) in [6, 6.07) is 7.50. The van der Waals surface area contributed by atoms with Crippen LogP contribution < -0.4 is 5.73 Å². The van der Waals surface area contributed by atoms with Crippen LogP contribution in [0, 0.1) is 0 Å². The van der Waals surface area contributed by atoms with Crippen molar-refractivity contribution < 1.29 is 9.53 Å². The van der Waals surface area contributed by atoms with Crippen LogP contribution in [0.2, 0.25) is 0 Å². The molecule has 2 N–H and O–H groups in total. The van der Waals surface area contributed by atoms with Gasteiger partial charge in [0, 0.05) is 12.7 Å². The molecule has 1 atom stereocenters. The summed E-state index contributed by atoms with van der Waals surface area (Å²) in [5.74, 6) is 0. The molecule has 1 aliphatic heterocycles. The first-order valence-electron chi connectivity index (χ1n) is 4.43. The summed E-state index contributed by atoms with van der Waals surface area (Å²) in [5, 5.41) is 0. The third-order valence-corrected chi connectivity index (χ3v) is 2.42. The lowest BCUT2D eigenvalue weighted by Crippen LogP contribution is -2.22. The zero-order valence-electron chi connectivity index (χ0n) is 7.93. The summed E-state index contributed by atoms with van der Waals surface area (Å²) in [6.45, 7) is 0.402. The molecule has 0 spiro atoms. The number of cyclic esters (lactones) is 1. The summed E-state index contributed by atoms with van der Waals surface area (Å²) in [4.78, 5) is 12.7. The van der Waals surface area contributed by atoms with Gasteiger partial charge in [-0.25, -0.2) is 4.79 Å². The molecule has 4 heteroatoms. The maximum Gasteiger partial charge on any atom is 0.410 e. The Morgan fingerprint density at radius 2 is 2.36 bits per heavy atom. The summed E-state index contributed by atoms with van der Waals surface area (Å²) >= 11 is 0. The molecule has 0 bridgehead atoms. The lowest BCUT2D eigenvalue weighted by atomic mass is 10.1. The van der Waals surface area contributed by atoms with Crippen LogP contribution in [0.5, 0.6) is 0 Å². The van der Waals surface area contributed by atoms with Gasteiger partial charge in [0.2, 0.25) is 0 Å². The smallest absolute Gasteiger partial charge is 0.410 e. The van der Waals surface area contributed by atoms with Crippen molar-refractivity contribution in [3.05, 3.63) is 29.8 Å². The zero-order chi connectivity index (χ0) is 10.1. The molecule has 0 aromatic heterocycles. The van der Waals surface area contributed by atoms with Crippen LogP contribution in [0.1, 0.15) is 11.6 Å². The number of rotatable bonds is 1. The Kier molecular flexibility index (Phi) is 2.04. The van der Waals surface area contributed by atoms with Crippen molar-refractivity contribution in [2.24, 2.45) is 0 Å². The monoisotopic (exact) mass is 192 g/mol. The van der Waals surface area contributed by atoms with Gasteiger partial charge in [0.1, 0.15) is 6.61 Å². The van der Waals surface area contributed by atoms with Crippen LogP contribution in [0.3, 0.4) is 0 Å². The van der Waals surface area contributed by atoms with Gasteiger partial charge in [-0.05, 0) is 17.7 Å². The Balaban J connectivity index is 2.28. The van der Waals surface area contributed by atoms with Crippen molar-refractivity contribution in [1.82, 2.24) is 4.90 Å². The molecule has 4 nitrogen and oxygen atoms in total. The second-order valence-corrected chi connectivity index (χ2v) is 3.37. The van der Waals surface area contributed by atoms with Crippen LogP contribution in [-0.4, -0.2) is 24.6 Å². The van der Waals surface area contributed by atoms with Crippen molar-refractivity contribution in [3.8, 4) is 0 Å². The van der Waals surface area contributed by atoms with E-state index in [1.165, 1.54) is 0 Å². The number of nitrogen functional groups attached to an aromatic ring is 1. The van der Waals surface area contributed by atoms with Gasteiger partial charge < -0.3 is 15.4 Å². The fourth-order valence-corrected chi connectivity index (χ4v) is 1.58. The molecule has 0 radical (unpaired) electrons. The highest BCUT2D eigenvalue weighted by atomic mass is 16.6. The van der Waals surface area contributed by atoms with Crippen molar-refractivity contribution in [3.63, 3.8) is 0 Å². The maximum absolute atomic E-state index is 11.1. The normalized spacial score (nSPS) is 21.1. The molecule has 0 aliphatic carbocycles. The van der Waals surface area contributed by atoms with E-state index in [1.807, 2.05) is 24.3 Å². The van der Waals surface area contributed by atoms with Gasteiger partial charge in [-0.3, -0.25) is 0 Å². The van der Waals surface area contributed by atoms with Crippen LogP contribution in [-0.2, 0) is 4.74 Å². The summed E-state index contributed by atoms with van der Waals surface area (Å²) in [6.07, 6.45) is -0.280. The number of benzene rings is 1. The zero-order valence-corrected chi connectivity index (χ0v) is 7.93. The number of nitrogens with zero attached hydrogens (tertiary/aromatic N) is 1. The number of hydrogen-bond donors (Lipinski definition) is 1. The third-order valence-electron chi connectivity index (χ3n) is 2.42. The van der Waals surface area contributed by atoms with E-state index >= 15 is 0 Å². The Morgan fingerprint density at radius 1 is 1.57 bits per heavy atom. The molecule has 1 aliphatic rings. The van der Waals surface area contributed by atoms with Gasteiger partial charge in [0.15, 0.2) is 0 Å². The van der Waals surface area contributed by atoms with Crippen molar-refractivity contribution >= 4 is 11.8 Å². The fourth-order valence-electron chi connectivity index (χ4n) is 1.58. The predicted molar refractivity (Wildman–Crippen MR) is 52.7 cm³/mol. The SMILES string of the molecule is CN1C(=O)OC[C@H]1c1cccc(N)c1. The molecule has 2 rings (SSSR count). The molecule has 1 aromatic rings.